The van der Waals surface area contributed by atoms with Crippen LogP contribution in [0.25, 0.3) is 90.1 Å². The van der Waals surface area contributed by atoms with Crippen molar-refractivity contribution < 1.29 is 0 Å². The minimum atomic E-state index is -0.0791. The lowest BCUT2D eigenvalue weighted by molar-refractivity contribution is 0.660. The lowest BCUT2D eigenvalue weighted by atomic mass is 9.81. The fraction of sp³-hybridized carbons (Fsp3) is 0.125. The lowest BCUT2D eigenvalue weighted by Gasteiger charge is -2.22. The average Bonchev–Trinajstić information content (AvgIpc) is 3.74. The van der Waals surface area contributed by atoms with E-state index in [-0.39, 0.29) is 10.8 Å². The summed E-state index contributed by atoms with van der Waals surface area (Å²) in [4.78, 5) is 19.8. The summed E-state index contributed by atoms with van der Waals surface area (Å²) in [5, 5.41) is 0. The fourth-order valence-electron chi connectivity index (χ4n) is 10.2. The van der Waals surface area contributed by atoms with Crippen molar-refractivity contribution in [3.05, 3.63) is 240 Å². The summed E-state index contributed by atoms with van der Waals surface area (Å²) < 4.78 is 0. The number of hydrogen-bond donors (Lipinski definition) is 0. The van der Waals surface area contributed by atoms with Crippen LogP contribution < -0.4 is 0 Å². The second kappa shape index (κ2) is 17.0. The number of nitrogens with zero attached hydrogens (tertiary/aromatic N) is 4. The van der Waals surface area contributed by atoms with Crippen molar-refractivity contribution in [2.45, 2.75) is 52.4 Å². The molecule has 2 aliphatic rings. The van der Waals surface area contributed by atoms with Gasteiger partial charge >= 0.3 is 0 Å². The molecule has 10 aromatic rings. The predicted octanol–water partition coefficient (Wildman–Crippen LogP) is 16.2. The summed E-state index contributed by atoms with van der Waals surface area (Å²) in [6.07, 6.45) is 0. The van der Waals surface area contributed by atoms with Crippen LogP contribution in [0.4, 0.5) is 0 Å². The minimum absolute atomic E-state index is 0.0357. The van der Waals surface area contributed by atoms with E-state index in [1.54, 1.807) is 0 Å². The van der Waals surface area contributed by atoms with Gasteiger partial charge in [0, 0.05) is 38.6 Å². The van der Waals surface area contributed by atoms with E-state index < -0.39 is 0 Å². The number of benzene rings is 8. The maximum atomic E-state index is 5.14. The van der Waals surface area contributed by atoms with Gasteiger partial charge in [-0.15, -0.1) is 0 Å². The number of rotatable bonds is 6. The number of aromatic nitrogens is 4. The Labute approximate surface area is 400 Å². The standard InChI is InChI=1S/C33H27N.C31H25N3/c1-22-14-16-27-28-17-15-25(19-30(28)33(2,3)29(27)18-22)32-21-26(23-10-6-4-7-11-23)20-31(34-32)24-12-8-5-9-13-24;1-20-14-16-24-25-17-15-23(19-27(25)31(2,3)26(24)18-20)30-33-28(21-10-6-4-7-11-21)32-29(34-30)22-12-8-5-9-13-22/h4-21H,1-3H3;4-19H,1-3H3. The number of pyridine rings is 1. The Balaban J connectivity index is 0.000000149. The van der Waals surface area contributed by atoms with Gasteiger partial charge in [-0.2, -0.15) is 0 Å². The van der Waals surface area contributed by atoms with E-state index in [4.69, 9.17) is 19.9 Å². The molecule has 0 spiro atoms. The quantitative estimate of drug-likeness (QED) is 0.167. The molecular weight excluding hydrogens is 825 g/mol. The molecule has 4 heteroatoms. The van der Waals surface area contributed by atoms with Crippen LogP contribution in [0.15, 0.2) is 206 Å². The zero-order valence-electron chi connectivity index (χ0n) is 39.4. The second-order valence-electron chi connectivity index (χ2n) is 19.3. The van der Waals surface area contributed by atoms with E-state index >= 15 is 0 Å². The normalized spacial score (nSPS) is 13.4. The zero-order chi connectivity index (χ0) is 46.6. The first-order valence-electron chi connectivity index (χ1n) is 23.5. The molecule has 0 unspecified atom stereocenters. The van der Waals surface area contributed by atoms with Gasteiger partial charge in [-0.05, 0) is 93.7 Å². The molecule has 68 heavy (non-hydrogen) atoms. The highest BCUT2D eigenvalue weighted by Gasteiger charge is 2.37. The first-order valence-corrected chi connectivity index (χ1v) is 23.5. The van der Waals surface area contributed by atoms with E-state index in [0.717, 1.165) is 39.2 Å². The maximum Gasteiger partial charge on any atom is 0.164 e. The molecule has 0 aliphatic heterocycles. The van der Waals surface area contributed by atoms with Gasteiger partial charge in [0.1, 0.15) is 0 Å². The average molecular weight is 877 g/mol. The first kappa shape index (κ1) is 42.5. The molecule has 0 fully saturated rings. The van der Waals surface area contributed by atoms with Crippen molar-refractivity contribution in [1.29, 1.82) is 0 Å². The monoisotopic (exact) mass is 876 g/mol. The number of fused-ring (bicyclic) bond motifs is 6. The molecule has 2 aliphatic carbocycles. The highest BCUT2D eigenvalue weighted by Crippen LogP contribution is 2.51. The van der Waals surface area contributed by atoms with Gasteiger partial charge < -0.3 is 0 Å². The summed E-state index contributed by atoms with van der Waals surface area (Å²) in [5.41, 5.74) is 22.9. The van der Waals surface area contributed by atoms with Crippen LogP contribution in [0.3, 0.4) is 0 Å². The molecule has 0 atom stereocenters. The van der Waals surface area contributed by atoms with Crippen molar-refractivity contribution in [3.8, 4) is 90.1 Å². The topological polar surface area (TPSA) is 51.6 Å². The maximum absolute atomic E-state index is 5.14. The van der Waals surface area contributed by atoms with Crippen molar-refractivity contribution in [3.63, 3.8) is 0 Å². The van der Waals surface area contributed by atoms with E-state index in [1.807, 2.05) is 66.7 Å². The molecule has 0 N–H and O–H groups in total. The summed E-state index contributed by atoms with van der Waals surface area (Å²) in [5.74, 6) is 2.06. The van der Waals surface area contributed by atoms with Crippen molar-refractivity contribution >= 4 is 0 Å². The molecule has 0 saturated heterocycles. The van der Waals surface area contributed by atoms with Crippen LogP contribution >= 0.6 is 0 Å². The van der Waals surface area contributed by atoms with E-state index in [2.05, 4.69) is 181 Å². The van der Waals surface area contributed by atoms with Crippen LogP contribution in [0.2, 0.25) is 0 Å². The third-order valence-corrected chi connectivity index (χ3v) is 13.9. The molecule has 0 bridgehead atoms. The smallest absolute Gasteiger partial charge is 0.164 e. The van der Waals surface area contributed by atoms with Gasteiger partial charge in [-0.1, -0.05) is 221 Å². The van der Waals surface area contributed by atoms with Crippen LogP contribution in [-0.4, -0.2) is 19.9 Å². The summed E-state index contributed by atoms with van der Waals surface area (Å²) in [6.45, 7) is 13.6. The molecule has 2 heterocycles. The number of hydrogen-bond acceptors (Lipinski definition) is 4. The molecule has 4 nitrogen and oxygen atoms in total. The molecule has 8 aromatic carbocycles. The van der Waals surface area contributed by atoms with Crippen LogP contribution in [-0.2, 0) is 10.8 Å². The Morgan fingerprint density at radius 1 is 0.265 bits per heavy atom. The third kappa shape index (κ3) is 7.72. The molecule has 0 amide bonds. The Morgan fingerprint density at radius 3 is 1.06 bits per heavy atom. The zero-order valence-corrected chi connectivity index (χ0v) is 39.4. The van der Waals surface area contributed by atoms with E-state index in [9.17, 15) is 0 Å². The highest BCUT2D eigenvalue weighted by molar-refractivity contribution is 5.86. The van der Waals surface area contributed by atoms with Gasteiger partial charge in [-0.25, -0.2) is 19.9 Å². The van der Waals surface area contributed by atoms with Crippen LogP contribution in [0, 0.1) is 13.8 Å². The van der Waals surface area contributed by atoms with Gasteiger partial charge in [0.15, 0.2) is 17.5 Å². The van der Waals surface area contributed by atoms with Gasteiger partial charge in [-0.3, -0.25) is 0 Å². The van der Waals surface area contributed by atoms with Gasteiger partial charge in [0.05, 0.1) is 11.4 Å². The van der Waals surface area contributed by atoms with E-state index in [1.165, 1.54) is 66.8 Å². The molecular formula is C64H52N4. The first-order chi connectivity index (χ1) is 33.0. The van der Waals surface area contributed by atoms with Gasteiger partial charge in [0.2, 0.25) is 0 Å². The summed E-state index contributed by atoms with van der Waals surface area (Å²) in [6, 6.07) is 72.8. The Morgan fingerprint density at radius 2 is 0.603 bits per heavy atom. The van der Waals surface area contributed by atoms with Crippen molar-refractivity contribution in [2.24, 2.45) is 0 Å². The summed E-state index contributed by atoms with van der Waals surface area (Å²) in [7, 11) is 0. The Kier molecular flexibility index (Phi) is 10.6. The largest absolute Gasteiger partial charge is 0.248 e. The number of aryl methyl sites for hydroxylation is 2. The fourth-order valence-corrected chi connectivity index (χ4v) is 10.2. The predicted molar refractivity (Wildman–Crippen MR) is 281 cm³/mol. The molecule has 328 valence electrons. The SMILES string of the molecule is Cc1ccc2c(c1)C(C)(C)c1cc(-c3cc(-c4ccccc4)cc(-c4ccccc4)n3)ccc1-2.Cc1ccc2c(c1)C(C)(C)c1cc(-c3nc(-c4ccccc4)nc(-c4ccccc4)n3)ccc1-2. The molecule has 0 saturated carbocycles. The van der Waals surface area contributed by atoms with Gasteiger partial charge in [0.25, 0.3) is 0 Å². The second-order valence-corrected chi connectivity index (χ2v) is 19.3. The van der Waals surface area contributed by atoms with E-state index in [0.29, 0.717) is 17.5 Å². The van der Waals surface area contributed by atoms with Crippen LogP contribution in [0.5, 0.6) is 0 Å². The highest BCUT2D eigenvalue weighted by atomic mass is 15.0. The molecule has 12 rings (SSSR count). The van der Waals surface area contributed by atoms with Crippen molar-refractivity contribution in [2.75, 3.05) is 0 Å². The lowest BCUT2D eigenvalue weighted by Crippen LogP contribution is -2.15. The van der Waals surface area contributed by atoms with Crippen molar-refractivity contribution in [1.82, 2.24) is 19.9 Å². The Hall–Kier alpha value is -8.08. The summed E-state index contributed by atoms with van der Waals surface area (Å²) >= 11 is 0. The Bertz CT molecular complexity index is 3150. The minimum Gasteiger partial charge on any atom is -0.248 e. The molecule has 0 radical (unpaired) electrons. The third-order valence-electron chi connectivity index (χ3n) is 13.9. The van der Waals surface area contributed by atoms with Crippen LogP contribution in [0.1, 0.15) is 61.1 Å². The molecule has 2 aromatic heterocycles.